The van der Waals surface area contributed by atoms with Crippen molar-refractivity contribution in [2.24, 2.45) is 0 Å². The number of aliphatic hydroxyl groups excluding tert-OH is 1. The van der Waals surface area contributed by atoms with Crippen LogP contribution in [0.3, 0.4) is 0 Å². The lowest BCUT2D eigenvalue weighted by Gasteiger charge is -2.06. The van der Waals surface area contributed by atoms with E-state index in [1.807, 2.05) is 11.5 Å². The van der Waals surface area contributed by atoms with Crippen LogP contribution < -0.4 is 4.72 Å². The summed E-state index contributed by atoms with van der Waals surface area (Å²) in [6.45, 7) is 1.67. The van der Waals surface area contributed by atoms with Crippen LogP contribution in [0.1, 0.15) is 30.3 Å². The van der Waals surface area contributed by atoms with Gasteiger partial charge in [0.2, 0.25) is 0 Å². The first-order valence-electron chi connectivity index (χ1n) is 6.77. The van der Waals surface area contributed by atoms with Crippen LogP contribution in [0.5, 0.6) is 0 Å². The monoisotopic (exact) mass is 307 g/mol. The van der Waals surface area contributed by atoms with Gasteiger partial charge < -0.3 is 9.67 Å². The zero-order valence-electron chi connectivity index (χ0n) is 11.7. The first-order chi connectivity index (χ1) is 9.99. The van der Waals surface area contributed by atoms with Gasteiger partial charge in [0.15, 0.2) is 0 Å². The fraction of sp³-hybridized carbons (Fsp3) is 0.357. The molecule has 0 unspecified atom stereocenters. The number of nitrogens with zero attached hydrogens (tertiary/aromatic N) is 2. The minimum atomic E-state index is -3.67. The normalized spacial score (nSPS) is 15.1. The van der Waals surface area contributed by atoms with Crippen molar-refractivity contribution in [3.63, 3.8) is 0 Å². The molecule has 1 aliphatic rings. The molecular weight excluding hydrogens is 290 g/mol. The number of hydrogen-bond acceptors (Lipinski definition) is 4. The fourth-order valence-electron chi connectivity index (χ4n) is 2.21. The second kappa shape index (κ2) is 5.16. The molecule has 0 bridgehead atoms. The minimum absolute atomic E-state index is 0.166. The molecule has 1 fully saturated rings. The Hall–Kier alpha value is -1.86. The number of aliphatic hydroxyl groups is 1. The van der Waals surface area contributed by atoms with Crippen molar-refractivity contribution in [3.05, 3.63) is 42.0 Å². The maximum absolute atomic E-state index is 12.4. The smallest absolute Gasteiger partial charge is 0.263 e. The van der Waals surface area contributed by atoms with E-state index in [4.69, 9.17) is 0 Å². The Morgan fingerprint density at radius 3 is 2.76 bits per heavy atom. The molecule has 0 atom stereocenters. The van der Waals surface area contributed by atoms with E-state index in [0.29, 0.717) is 17.4 Å². The molecule has 2 aromatic rings. The summed E-state index contributed by atoms with van der Waals surface area (Å²) in [5.41, 5.74) is 1.87. The van der Waals surface area contributed by atoms with Crippen LogP contribution in [0, 0.1) is 6.92 Å². The van der Waals surface area contributed by atoms with Crippen LogP contribution in [0.4, 0.5) is 5.69 Å². The van der Waals surface area contributed by atoms with Crippen LogP contribution in [-0.4, -0.2) is 23.1 Å². The minimum Gasteiger partial charge on any atom is -0.390 e. The molecule has 21 heavy (non-hydrogen) atoms. The molecule has 0 saturated heterocycles. The average molecular weight is 307 g/mol. The molecule has 112 valence electrons. The summed E-state index contributed by atoms with van der Waals surface area (Å²) >= 11 is 0. The second-order valence-corrected chi connectivity index (χ2v) is 6.94. The Bertz CT molecular complexity index is 746. The molecule has 0 radical (unpaired) electrons. The van der Waals surface area contributed by atoms with E-state index in [9.17, 15) is 13.5 Å². The Balaban J connectivity index is 1.89. The van der Waals surface area contributed by atoms with Crippen molar-refractivity contribution in [3.8, 4) is 0 Å². The first kappa shape index (κ1) is 14.1. The maximum atomic E-state index is 12.4. The van der Waals surface area contributed by atoms with Gasteiger partial charge in [0, 0.05) is 23.6 Å². The highest BCUT2D eigenvalue weighted by Gasteiger charge is 2.28. The van der Waals surface area contributed by atoms with Crippen molar-refractivity contribution in [1.82, 2.24) is 9.55 Å². The second-order valence-electron chi connectivity index (χ2n) is 5.26. The third kappa shape index (κ3) is 2.93. The van der Waals surface area contributed by atoms with Crippen LogP contribution in [0.25, 0.3) is 0 Å². The quantitative estimate of drug-likeness (QED) is 0.882. The van der Waals surface area contributed by atoms with Crippen molar-refractivity contribution in [1.29, 1.82) is 0 Å². The maximum Gasteiger partial charge on any atom is 0.263 e. The van der Waals surface area contributed by atoms with Gasteiger partial charge in [-0.15, -0.1) is 0 Å². The predicted octanol–water partition coefficient (Wildman–Crippen LogP) is 1.82. The molecule has 0 aromatic carbocycles. The van der Waals surface area contributed by atoms with Gasteiger partial charge in [-0.2, -0.15) is 0 Å². The topological polar surface area (TPSA) is 84.2 Å². The zero-order valence-corrected chi connectivity index (χ0v) is 12.5. The Labute approximate surface area is 123 Å². The average Bonchev–Trinajstić information content (AvgIpc) is 3.19. The molecule has 0 spiro atoms. The molecule has 2 heterocycles. The highest BCUT2D eigenvalue weighted by molar-refractivity contribution is 7.92. The summed E-state index contributed by atoms with van der Waals surface area (Å²) in [7, 11) is -3.67. The van der Waals surface area contributed by atoms with Gasteiger partial charge >= 0.3 is 0 Å². The van der Waals surface area contributed by atoms with Crippen LogP contribution in [0.2, 0.25) is 0 Å². The summed E-state index contributed by atoms with van der Waals surface area (Å²) in [6.07, 6.45) is 5.12. The van der Waals surface area contributed by atoms with Crippen molar-refractivity contribution in [2.75, 3.05) is 4.72 Å². The number of nitrogens with one attached hydrogen (secondary N) is 1. The number of pyridine rings is 1. The molecular formula is C14H17N3O3S. The molecule has 6 nitrogen and oxygen atoms in total. The van der Waals surface area contributed by atoms with Crippen LogP contribution in [-0.2, 0) is 16.6 Å². The Morgan fingerprint density at radius 2 is 2.19 bits per heavy atom. The Morgan fingerprint density at radius 1 is 1.43 bits per heavy atom. The van der Waals surface area contributed by atoms with Crippen LogP contribution in [0.15, 0.2) is 35.5 Å². The lowest BCUT2D eigenvalue weighted by atomic mass is 10.4. The van der Waals surface area contributed by atoms with Gasteiger partial charge in [-0.3, -0.25) is 9.71 Å². The standard InChI is InChI=1S/C14H17N3O3S/c1-10-2-3-11(7-15-10)16-21(19,20)14-6-13(9-18)17(8-14)12-4-5-12/h2-3,6-8,12,16,18H,4-5,9H2,1H3. The third-order valence-electron chi connectivity index (χ3n) is 3.48. The lowest BCUT2D eigenvalue weighted by Crippen LogP contribution is -2.12. The first-order valence-corrected chi connectivity index (χ1v) is 8.25. The van der Waals surface area contributed by atoms with Gasteiger partial charge in [0.05, 0.1) is 18.5 Å². The van der Waals surface area contributed by atoms with E-state index in [0.717, 1.165) is 18.5 Å². The summed E-state index contributed by atoms with van der Waals surface area (Å²) in [4.78, 5) is 4.23. The molecule has 3 rings (SSSR count). The van der Waals surface area contributed by atoms with Crippen molar-refractivity contribution < 1.29 is 13.5 Å². The molecule has 0 amide bonds. The van der Waals surface area contributed by atoms with E-state index in [-0.39, 0.29) is 11.5 Å². The highest BCUT2D eigenvalue weighted by Crippen LogP contribution is 2.37. The number of aryl methyl sites for hydroxylation is 1. The van der Waals surface area contributed by atoms with E-state index in [1.165, 1.54) is 12.3 Å². The van der Waals surface area contributed by atoms with Gasteiger partial charge in [-0.25, -0.2) is 8.42 Å². The van der Waals surface area contributed by atoms with E-state index >= 15 is 0 Å². The summed E-state index contributed by atoms with van der Waals surface area (Å²) in [5.74, 6) is 0. The Kier molecular flexibility index (Phi) is 3.46. The number of hydrogen-bond donors (Lipinski definition) is 2. The van der Waals surface area contributed by atoms with Gasteiger partial charge in [0.1, 0.15) is 4.90 Å². The summed E-state index contributed by atoms with van der Waals surface area (Å²) in [6, 6.07) is 5.25. The fourth-order valence-corrected chi connectivity index (χ4v) is 3.30. The zero-order chi connectivity index (χ0) is 15.0. The molecule has 1 aliphatic carbocycles. The van der Waals surface area contributed by atoms with E-state index in [1.54, 1.807) is 18.3 Å². The van der Waals surface area contributed by atoms with Gasteiger partial charge in [-0.1, -0.05) is 0 Å². The van der Waals surface area contributed by atoms with Gasteiger partial charge in [0.25, 0.3) is 10.0 Å². The molecule has 1 saturated carbocycles. The number of anilines is 1. The van der Waals surface area contributed by atoms with Crippen molar-refractivity contribution >= 4 is 15.7 Å². The number of aromatic nitrogens is 2. The lowest BCUT2D eigenvalue weighted by molar-refractivity contribution is 0.270. The number of rotatable bonds is 5. The third-order valence-corrected chi connectivity index (χ3v) is 4.83. The molecule has 7 heteroatoms. The largest absolute Gasteiger partial charge is 0.390 e. The summed E-state index contributed by atoms with van der Waals surface area (Å²) in [5, 5.41) is 9.35. The molecule has 0 aliphatic heterocycles. The molecule has 2 aromatic heterocycles. The van der Waals surface area contributed by atoms with E-state index in [2.05, 4.69) is 9.71 Å². The SMILES string of the molecule is Cc1ccc(NS(=O)(=O)c2cc(CO)n(C3CC3)c2)cn1. The predicted molar refractivity (Wildman–Crippen MR) is 78.4 cm³/mol. The van der Waals surface area contributed by atoms with Crippen LogP contribution >= 0.6 is 0 Å². The van der Waals surface area contributed by atoms with E-state index < -0.39 is 10.0 Å². The summed E-state index contributed by atoms with van der Waals surface area (Å²) < 4.78 is 29.1. The van der Waals surface area contributed by atoms with Crippen molar-refractivity contribution in [2.45, 2.75) is 37.3 Å². The van der Waals surface area contributed by atoms with Gasteiger partial charge in [-0.05, 0) is 38.0 Å². The number of sulfonamides is 1. The molecule has 2 N–H and O–H groups in total. The highest BCUT2D eigenvalue weighted by atomic mass is 32.2.